The van der Waals surface area contributed by atoms with Gasteiger partial charge in [-0.2, -0.15) is 5.26 Å². The smallest absolute Gasteiger partial charge is 0.266 e. The first-order valence-electron chi connectivity index (χ1n) is 7.91. The molecule has 0 fully saturated rings. The van der Waals surface area contributed by atoms with E-state index in [1.165, 1.54) is 0 Å². The van der Waals surface area contributed by atoms with E-state index < -0.39 is 5.91 Å². The number of rotatable bonds is 5. The predicted molar refractivity (Wildman–Crippen MR) is 119 cm³/mol. The molecule has 27 heavy (non-hydrogen) atoms. The first kappa shape index (κ1) is 21.0. The van der Waals surface area contributed by atoms with Gasteiger partial charge in [0.05, 0.1) is 8.04 Å². The summed E-state index contributed by atoms with van der Waals surface area (Å²) in [5, 5.41) is 12.2. The van der Waals surface area contributed by atoms with Crippen molar-refractivity contribution in [2.24, 2.45) is 0 Å². The number of aryl methyl sites for hydroxylation is 2. The van der Waals surface area contributed by atoms with Crippen LogP contribution in [0.1, 0.15) is 16.7 Å². The molecule has 0 saturated heterocycles. The van der Waals surface area contributed by atoms with E-state index in [2.05, 4.69) is 49.8 Å². The lowest BCUT2D eigenvalue weighted by atomic mass is 10.1. The Balaban J connectivity index is 2.30. The molecular weight excluding hydrogens is 519 g/mol. The Hall–Kier alpha value is -2.29. The number of ether oxygens (including phenoxy) is 1. The molecule has 0 aromatic heterocycles. The zero-order valence-electron chi connectivity index (χ0n) is 14.8. The molecule has 1 N–H and O–H groups in total. The largest absolute Gasteiger partial charge is 0.479 e. The van der Waals surface area contributed by atoms with Gasteiger partial charge >= 0.3 is 0 Å². The van der Waals surface area contributed by atoms with Gasteiger partial charge in [-0.15, -0.1) is 6.42 Å². The van der Waals surface area contributed by atoms with Crippen LogP contribution in [-0.4, -0.2) is 12.5 Å². The van der Waals surface area contributed by atoms with E-state index in [1.807, 2.05) is 44.2 Å². The topological polar surface area (TPSA) is 62.1 Å². The summed E-state index contributed by atoms with van der Waals surface area (Å²) in [6.45, 7) is 4.00. The summed E-state index contributed by atoms with van der Waals surface area (Å²) in [7, 11) is 0. The van der Waals surface area contributed by atoms with Crippen molar-refractivity contribution in [3.8, 4) is 24.2 Å². The highest BCUT2D eigenvalue weighted by molar-refractivity contribution is 14.1. The number of anilines is 1. The van der Waals surface area contributed by atoms with Gasteiger partial charge in [0.15, 0.2) is 0 Å². The Morgan fingerprint density at radius 2 is 2.11 bits per heavy atom. The Morgan fingerprint density at radius 3 is 2.74 bits per heavy atom. The summed E-state index contributed by atoms with van der Waals surface area (Å²) in [4.78, 5) is 12.5. The van der Waals surface area contributed by atoms with Crippen LogP contribution in [0.15, 0.2) is 40.4 Å². The van der Waals surface area contributed by atoms with Crippen LogP contribution in [0.3, 0.4) is 0 Å². The van der Waals surface area contributed by atoms with E-state index in [0.29, 0.717) is 21.5 Å². The zero-order valence-corrected chi connectivity index (χ0v) is 18.5. The van der Waals surface area contributed by atoms with Crippen LogP contribution in [0.2, 0.25) is 0 Å². The van der Waals surface area contributed by atoms with Gasteiger partial charge in [0.1, 0.15) is 24.0 Å². The molecule has 0 heterocycles. The van der Waals surface area contributed by atoms with Gasteiger partial charge in [0.25, 0.3) is 5.91 Å². The monoisotopic (exact) mass is 534 g/mol. The summed E-state index contributed by atoms with van der Waals surface area (Å²) < 4.78 is 7.01. The van der Waals surface area contributed by atoms with E-state index >= 15 is 0 Å². The molecule has 0 atom stereocenters. The number of carbonyl (C=O) groups is 1. The minimum Gasteiger partial charge on any atom is -0.479 e. The molecule has 4 nitrogen and oxygen atoms in total. The molecular formula is C21H16BrIN2O2. The maximum Gasteiger partial charge on any atom is 0.266 e. The number of benzene rings is 2. The normalized spacial score (nSPS) is 10.7. The molecule has 2 aromatic rings. The lowest BCUT2D eigenvalue weighted by Crippen LogP contribution is -2.14. The van der Waals surface area contributed by atoms with E-state index in [9.17, 15) is 10.1 Å². The van der Waals surface area contributed by atoms with Crippen LogP contribution in [0, 0.1) is 41.1 Å². The third kappa shape index (κ3) is 5.59. The molecule has 0 aliphatic rings. The van der Waals surface area contributed by atoms with Crippen molar-refractivity contribution in [1.82, 2.24) is 0 Å². The molecule has 0 unspecified atom stereocenters. The fourth-order valence-corrected chi connectivity index (χ4v) is 4.06. The zero-order chi connectivity index (χ0) is 20.0. The van der Waals surface area contributed by atoms with E-state index in [-0.39, 0.29) is 12.2 Å². The average Bonchev–Trinajstić information content (AvgIpc) is 2.62. The van der Waals surface area contributed by atoms with Gasteiger partial charge in [0.2, 0.25) is 0 Å². The SMILES string of the molecule is C#CCOc1c(Br)cc(/C=C(\C#N)C(=O)Nc2cc(C)ccc2C)cc1I. The van der Waals surface area contributed by atoms with Crippen molar-refractivity contribution < 1.29 is 9.53 Å². The number of halogens is 2. The molecule has 0 aliphatic heterocycles. The maximum atomic E-state index is 12.5. The van der Waals surface area contributed by atoms with Crippen molar-refractivity contribution in [3.63, 3.8) is 0 Å². The van der Waals surface area contributed by atoms with Gasteiger partial charge in [-0.3, -0.25) is 4.79 Å². The molecule has 0 bridgehead atoms. The number of nitriles is 1. The number of nitrogens with one attached hydrogen (secondary N) is 1. The van der Waals surface area contributed by atoms with Crippen molar-refractivity contribution in [2.45, 2.75) is 13.8 Å². The number of hydrogen-bond acceptors (Lipinski definition) is 3. The first-order chi connectivity index (χ1) is 12.8. The third-order valence-corrected chi connectivity index (χ3v) is 5.03. The standard InChI is InChI=1S/C21H16BrIN2O2/c1-4-7-27-20-17(22)10-15(11-18(20)23)9-16(12-24)21(26)25-19-8-13(2)5-6-14(19)3/h1,5-6,8-11H,7H2,2-3H3,(H,25,26)/b16-9+. The van der Waals surface area contributed by atoms with Gasteiger partial charge in [0, 0.05) is 5.69 Å². The van der Waals surface area contributed by atoms with E-state index in [0.717, 1.165) is 14.7 Å². The molecule has 0 aliphatic carbocycles. The number of amides is 1. The molecule has 6 heteroatoms. The maximum absolute atomic E-state index is 12.5. The van der Waals surface area contributed by atoms with Crippen LogP contribution in [-0.2, 0) is 4.79 Å². The van der Waals surface area contributed by atoms with Crippen molar-refractivity contribution in [1.29, 1.82) is 5.26 Å². The van der Waals surface area contributed by atoms with Crippen LogP contribution in [0.4, 0.5) is 5.69 Å². The summed E-state index contributed by atoms with van der Waals surface area (Å²) >= 11 is 5.55. The molecule has 0 radical (unpaired) electrons. The average molecular weight is 535 g/mol. The Bertz CT molecular complexity index is 977. The fourth-order valence-electron chi connectivity index (χ4n) is 2.29. The second kappa shape index (κ2) is 9.59. The molecule has 1 amide bonds. The summed E-state index contributed by atoms with van der Waals surface area (Å²) in [5.74, 6) is 2.59. The quantitative estimate of drug-likeness (QED) is 0.247. The number of hydrogen-bond donors (Lipinski definition) is 1. The minimum atomic E-state index is -0.454. The Labute approximate surface area is 180 Å². The van der Waals surface area contributed by atoms with E-state index in [4.69, 9.17) is 11.2 Å². The van der Waals surface area contributed by atoms with Gasteiger partial charge in [-0.25, -0.2) is 0 Å². The van der Waals surface area contributed by atoms with Crippen molar-refractivity contribution in [2.75, 3.05) is 11.9 Å². The third-order valence-electron chi connectivity index (χ3n) is 3.64. The molecule has 136 valence electrons. The second-order valence-corrected chi connectivity index (χ2v) is 7.77. The summed E-state index contributed by atoms with van der Waals surface area (Å²) in [6.07, 6.45) is 6.76. The summed E-state index contributed by atoms with van der Waals surface area (Å²) in [5.41, 5.74) is 3.36. The van der Waals surface area contributed by atoms with Gasteiger partial charge in [-0.1, -0.05) is 18.1 Å². The highest BCUT2D eigenvalue weighted by atomic mass is 127. The van der Waals surface area contributed by atoms with Crippen molar-refractivity contribution >= 4 is 56.2 Å². The van der Waals surface area contributed by atoms with Gasteiger partial charge in [-0.05, 0) is 93.3 Å². The molecule has 2 rings (SSSR count). The van der Waals surface area contributed by atoms with Crippen LogP contribution in [0.25, 0.3) is 6.08 Å². The van der Waals surface area contributed by atoms with Crippen LogP contribution in [0.5, 0.6) is 5.75 Å². The minimum absolute atomic E-state index is 0.0101. The first-order valence-corrected chi connectivity index (χ1v) is 9.78. The summed E-state index contributed by atoms with van der Waals surface area (Å²) in [6, 6.07) is 11.3. The van der Waals surface area contributed by atoms with Crippen molar-refractivity contribution in [3.05, 3.63) is 60.6 Å². The molecule has 2 aromatic carbocycles. The Morgan fingerprint density at radius 1 is 1.37 bits per heavy atom. The predicted octanol–water partition coefficient (Wildman–Crippen LogP) is 5.23. The van der Waals surface area contributed by atoms with Crippen LogP contribution < -0.4 is 10.1 Å². The van der Waals surface area contributed by atoms with Gasteiger partial charge < -0.3 is 10.1 Å². The Kier molecular flexibility index (Phi) is 7.46. The molecule has 0 saturated carbocycles. The molecule has 0 spiro atoms. The van der Waals surface area contributed by atoms with Crippen LogP contribution >= 0.6 is 38.5 Å². The second-order valence-electron chi connectivity index (χ2n) is 5.75. The lowest BCUT2D eigenvalue weighted by Gasteiger charge is -2.10. The number of nitrogens with zero attached hydrogens (tertiary/aromatic N) is 1. The fraction of sp³-hybridized carbons (Fsp3) is 0.143. The number of carbonyl (C=O) groups excluding carboxylic acids is 1. The highest BCUT2D eigenvalue weighted by Crippen LogP contribution is 2.32. The van der Waals surface area contributed by atoms with E-state index in [1.54, 1.807) is 12.1 Å². The number of terminal acetylenes is 1. The highest BCUT2D eigenvalue weighted by Gasteiger charge is 2.13. The lowest BCUT2D eigenvalue weighted by molar-refractivity contribution is -0.112.